The fourth-order valence-electron chi connectivity index (χ4n) is 2.70. The summed E-state index contributed by atoms with van der Waals surface area (Å²) in [5.74, 6) is -0.389. The van der Waals surface area contributed by atoms with Crippen LogP contribution in [0.5, 0.6) is 0 Å². The molecule has 0 aliphatic rings. The molecule has 9 heteroatoms. The summed E-state index contributed by atoms with van der Waals surface area (Å²) in [7, 11) is 0. The average Bonchev–Trinajstić information content (AvgIpc) is 2.67. The highest BCUT2D eigenvalue weighted by Gasteiger charge is 2.28. The van der Waals surface area contributed by atoms with Gasteiger partial charge in [-0.05, 0) is 31.3 Å². The average molecular weight is 425 g/mol. The first-order valence-corrected chi connectivity index (χ1v) is 9.58. The van der Waals surface area contributed by atoms with Crippen LogP contribution in [-0.4, -0.2) is 35.5 Å². The van der Waals surface area contributed by atoms with Gasteiger partial charge in [0.15, 0.2) is 0 Å². The molecule has 1 amide bonds. The Kier molecular flexibility index (Phi) is 8.04. The third-order valence-corrected chi connectivity index (χ3v) is 4.98. The number of halogens is 2. The highest BCUT2D eigenvalue weighted by Crippen LogP contribution is 2.34. The minimum Gasteiger partial charge on any atom is -0.364 e. The van der Waals surface area contributed by atoms with Crippen LogP contribution in [0.2, 0.25) is 10.0 Å². The molecule has 1 unspecified atom stereocenters. The lowest BCUT2D eigenvalue weighted by molar-refractivity contribution is -0.384. The SMILES string of the molecule is CCN(CC)CNC(=O)C(Nc1ccccc1[N+](=O)[O-])c1c(Cl)cccc1Cl. The maximum Gasteiger partial charge on any atom is 0.292 e. The smallest absolute Gasteiger partial charge is 0.292 e. The van der Waals surface area contributed by atoms with E-state index in [1.165, 1.54) is 12.1 Å². The molecule has 2 aromatic rings. The highest BCUT2D eigenvalue weighted by atomic mass is 35.5. The van der Waals surface area contributed by atoms with Crippen molar-refractivity contribution in [1.82, 2.24) is 10.2 Å². The number of nitro groups is 1. The molecule has 7 nitrogen and oxygen atoms in total. The molecular weight excluding hydrogens is 403 g/mol. The summed E-state index contributed by atoms with van der Waals surface area (Å²) >= 11 is 12.6. The van der Waals surface area contributed by atoms with Crippen molar-refractivity contribution in [3.05, 3.63) is 68.2 Å². The molecule has 2 aromatic carbocycles. The van der Waals surface area contributed by atoms with Crippen LogP contribution in [0.15, 0.2) is 42.5 Å². The van der Waals surface area contributed by atoms with Crippen LogP contribution in [0.4, 0.5) is 11.4 Å². The third-order valence-electron chi connectivity index (χ3n) is 4.32. The molecule has 28 heavy (non-hydrogen) atoms. The van der Waals surface area contributed by atoms with Crippen molar-refractivity contribution in [2.75, 3.05) is 25.1 Å². The van der Waals surface area contributed by atoms with Gasteiger partial charge in [0, 0.05) is 21.7 Å². The number of nitro benzene ring substituents is 1. The van der Waals surface area contributed by atoms with Crippen molar-refractivity contribution < 1.29 is 9.72 Å². The molecule has 0 aliphatic carbocycles. The molecule has 2 rings (SSSR count). The van der Waals surface area contributed by atoms with Crippen LogP contribution in [0.3, 0.4) is 0 Å². The Morgan fingerprint density at radius 1 is 1.11 bits per heavy atom. The number of hydrogen-bond donors (Lipinski definition) is 2. The second-order valence-electron chi connectivity index (χ2n) is 5.99. The molecule has 2 N–H and O–H groups in total. The Hall–Kier alpha value is -2.35. The first kappa shape index (κ1) is 21.9. The Balaban J connectivity index is 2.40. The number of benzene rings is 2. The molecule has 0 aliphatic heterocycles. The van der Waals surface area contributed by atoms with Gasteiger partial charge in [-0.25, -0.2) is 0 Å². The van der Waals surface area contributed by atoms with E-state index in [1.54, 1.807) is 30.3 Å². The van der Waals surface area contributed by atoms with Gasteiger partial charge < -0.3 is 10.6 Å². The van der Waals surface area contributed by atoms with Gasteiger partial charge in [0.25, 0.3) is 5.69 Å². The predicted molar refractivity (Wildman–Crippen MR) is 112 cm³/mol. The van der Waals surface area contributed by atoms with Crippen molar-refractivity contribution in [2.24, 2.45) is 0 Å². The van der Waals surface area contributed by atoms with Crippen LogP contribution in [0, 0.1) is 10.1 Å². The van der Waals surface area contributed by atoms with E-state index < -0.39 is 11.0 Å². The summed E-state index contributed by atoms with van der Waals surface area (Å²) in [5.41, 5.74) is 0.416. The van der Waals surface area contributed by atoms with Crippen LogP contribution < -0.4 is 10.6 Å². The van der Waals surface area contributed by atoms with Crippen LogP contribution >= 0.6 is 23.2 Å². The van der Waals surface area contributed by atoms with Crippen LogP contribution in [0.25, 0.3) is 0 Å². The molecule has 1 atom stereocenters. The summed E-state index contributed by atoms with van der Waals surface area (Å²) < 4.78 is 0. The quantitative estimate of drug-likeness (QED) is 0.352. The monoisotopic (exact) mass is 424 g/mol. The van der Waals surface area contributed by atoms with Gasteiger partial charge in [-0.15, -0.1) is 0 Å². The Morgan fingerprint density at radius 2 is 1.71 bits per heavy atom. The summed E-state index contributed by atoms with van der Waals surface area (Å²) in [6.45, 7) is 5.86. The fourth-order valence-corrected chi connectivity index (χ4v) is 3.32. The van der Waals surface area contributed by atoms with E-state index in [0.717, 1.165) is 13.1 Å². The van der Waals surface area contributed by atoms with Crippen molar-refractivity contribution >= 4 is 40.5 Å². The first-order valence-electron chi connectivity index (χ1n) is 8.82. The lowest BCUT2D eigenvalue weighted by Crippen LogP contribution is -2.41. The van der Waals surface area contributed by atoms with Gasteiger partial charge in [0.05, 0.1) is 11.6 Å². The number of anilines is 1. The van der Waals surface area contributed by atoms with Crippen LogP contribution in [0.1, 0.15) is 25.5 Å². The molecule has 0 bridgehead atoms. The summed E-state index contributed by atoms with van der Waals surface area (Å²) in [6, 6.07) is 10.0. The van der Waals surface area contributed by atoms with Crippen molar-refractivity contribution in [3.63, 3.8) is 0 Å². The molecule has 0 saturated heterocycles. The number of hydrogen-bond acceptors (Lipinski definition) is 5. The van der Waals surface area contributed by atoms with Gasteiger partial charge in [-0.3, -0.25) is 19.8 Å². The van der Waals surface area contributed by atoms with E-state index in [1.807, 2.05) is 18.7 Å². The van der Waals surface area contributed by atoms with E-state index in [-0.39, 0.29) is 17.3 Å². The Morgan fingerprint density at radius 3 is 2.29 bits per heavy atom. The normalized spacial score (nSPS) is 11.9. The lowest BCUT2D eigenvalue weighted by Gasteiger charge is -2.24. The molecule has 0 fully saturated rings. The zero-order valence-corrected chi connectivity index (χ0v) is 17.1. The minimum absolute atomic E-state index is 0.146. The molecule has 0 saturated carbocycles. The lowest BCUT2D eigenvalue weighted by atomic mass is 10.0. The zero-order valence-electron chi connectivity index (χ0n) is 15.6. The number of para-hydroxylation sites is 2. The van der Waals surface area contributed by atoms with Crippen molar-refractivity contribution in [3.8, 4) is 0 Å². The molecule has 150 valence electrons. The molecule has 0 spiro atoms. The summed E-state index contributed by atoms with van der Waals surface area (Å²) in [4.78, 5) is 25.8. The maximum absolute atomic E-state index is 13.0. The van der Waals surface area contributed by atoms with Gasteiger partial charge in [0.1, 0.15) is 11.7 Å². The van der Waals surface area contributed by atoms with Crippen molar-refractivity contribution in [1.29, 1.82) is 0 Å². The van der Waals surface area contributed by atoms with E-state index in [2.05, 4.69) is 10.6 Å². The molecular formula is C19H22Cl2N4O3. The van der Waals surface area contributed by atoms with Gasteiger partial charge in [0.2, 0.25) is 5.91 Å². The third kappa shape index (κ3) is 5.34. The molecule has 0 aromatic heterocycles. The second-order valence-corrected chi connectivity index (χ2v) is 6.80. The Bertz CT molecular complexity index is 823. The van der Waals surface area contributed by atoms with E-state index in [0.29, 0.717) is 22.3 Å². The summed E-state index contributed by atoms with van der Waals surface area (Å²) in [6.07, 6.45) is 0. The predicted octanol–water partition coefficient (Wildman–Crippen LogP) is 4.47. The first-order chi connectivity index (χ1) is 13.4. The van der Waals surface area contributed by atoms with Crippen molar-refractivity contribution in [2.45, 2.75) is 19.9 Å². The number of nitrogens with one attached hydrogen (secondary N) is 2. The molecule has 0 heterocycles. The maximum atomic E-state index is 13.0. The summed E-state index contributed by atoms with van der Waals surface area (Å²) in [5, 5.41) is 17.7. The molecule has 0 radical (unpaired) electrons. The number of amides is 1. The van der Waals surface area contributed by atoms with Gasteiger partial charge in [-0.1, -0.05) is 55.2 Å². The van der Waals surface area contributed by atoms with E-state index >= 15 is 0 Å². The standard InChI is InChI=1S/C19H22Cl2N4O3/c1-3-24(4-2)12-22-19(26)18(17-13(20)8-7-9-14(17)21)23-15-10-5-6-11-16(15)25(27)28/h5-11,18,23H,3-4,12H2,1-2H3,(H,22,26). The zero-order chi connectivity index (χ0) is 20.7. The number of nitrogens with zero attached hydrogens (tertiary/aromatic N) is 2. The highest BCUT2D eigenvalue weighted by molar-refractivity contribution is 6.36. The number of carbonyl (C=O) groups excluding carboxylic acids is 1. The van der Waals surface area contributed by atoms with E-state index in [9.17, 15) is 14.9 Å². The minimum atomic E-state index is -1.00. The van der Waals surface area contributed by atoms with Crippen LogP contribution in [-0.2, 0) is 4.79 Å². The fraction of sp³-hybridized carbons (Fsp3) is 0.316. The Labute approximate surface area is 173 Å². The largest absolute Gasteiger partial charge is 0.364 e. The van der Waals surface area contributed by atoms with Gasteiger partial charge >= 0.3 is 0 Å². The second kappa shape index (κ2) is 10.3. The number of carbonyl (C=O) groups is 1. The number of rotatable bonds is 9. The van der Waals surface area contributed by atoms with Gasteiger partial charge in [-0.2, -0.15) is 0 Å². The topological polar surface area (TPSA) is 87.5 Å². The van der Waals surface area contributed by atoms with E-state index in [4.69, 9.17) is 23.2 Å².